The van der Waals surface area contributed by atoms with Crippen LogP contribution in [0.3, 0.4) is 0 Å². The number of aryl methyl sites for hydroxylation is 1. The molecule has 1 aromatic heterocycles. The van der Waals surface area contributed by atoms with Gasteiger partial charge < -0.3 is 15.1 Å². The van der Waals surface area contributed by atoms with Gasteiger partial charge in [-0.25, -0.2) is 4.98 Å². The maximum absolute atomic E-state index is 11.9. The first-order valence-electron chi connectivity index (χ1n) is 6.57. The number of nitrogens with zero attached hydrogens (tertiary/aromatic N) is 1. The third kappa shape index (κ3) is 3.57. The van der Waals surface area contributed by atoms with Crippen molar-refractivity contribution in [2.24, 2.45) is 5.92 Å². The smallest absolute Gasteiger partial charge is 0.220 e. The fourth-order valence-electron chi connectivity index (χ4n) is 2.29. The highest BCUT2D eigenvalue weighted by molar-refractivity contribution is 5.76. The summed E-state index contributed by atoms with van der Waals surface area (Å²) in [4.78, 5) is 16.0. The highest BCUT2D eigenvalue weighted by Gasteiger charge is 2.19. The highest BCUT2D eigenvalue weighted by atomic mass is 16.4. The Bertz CT molecular complexity index is 397. The van der Waals surface area contributed by atoms with Crippen molar-refractivity contribution >= 4 is 5.91 Å². The molecule has 5 heteroatoms. The molecule has 0 bridgehead atoms. The van der Waals surface area contributed by atoms with E-state index in [1.807, 2.05) is 13.8 Å². The molecule has 18 heavy (non-hydrogen) atoms. The molecule has 1 amide bonds. The number of hydrogen-bond acceptors (Lipinski definition) is 4. The van der Waals surface area contributed by atoms with Crippen molar-refractivity contribution in [2.45, 2.75) is 39.2 Å². The quantitative estimate of drug-likeness (QED) is 0.852. The third-order valence-corrected chi connectivity index (χ3v) is 3.26. The van der Waals surface area contributed by atoms with Crippen LogP contribution in [0, 0.1) is 12.8 Å². The molecule has 1 aliphatic heterocycles. The first-order chi connectivity index (χ1) is 8.65. The van der Waals surface area contributed by atoms with Crippen LogP contribution in [0.15, 0.2) is 10.6 Å². The van der Waals surface area contributed by atoms with Gasteiger partial charge in [0.2, 0.25) is 11.8 Å². The van der Waals surface area contributed by atoms with Gasteiger partial charge in [-0.05, 0) is 45.7 Å². The number of nitrogens with one attached hydrogen (secondary N) is 2. The zero-order valence-corrected chi connectivity index (χ0v) is 11.0. The van der Waals surface area contributed by atoms with Crippen LogP contribution in [0.25, 0.3) is 0 Å². The maximum atomic E-state index is 11.9. The molecule has 5 nitrogen and oxygen atoms in total. The Labute approximate surface area is 107 Å². The standard InChI is InChI=1S/C13H21N3O2/c1-9-7-15-13(18-9)10(2)16-12(17)6-11-4-3-5-14-8-11/h7,10-11,14H,3-6,8H2,1-2H3,(H,16,17). The summed E-state index contributed by atoms with van der Waals surface area (Å²) in [5.74, 6) is 1.87. The molecule has 0 spiro atoms. The van der Waals surface area contributed by atoms with Gasteiger partial charge >= 0.3 is 0 Å². The highest BCUT2D eigenvalue weighted by Crippen LogP contribution is 2.16. The number of piperidine rings is 1. The molecule has 2 heterocycles. The summed E-state index contributed by atoms with van der Waals surface area (Å²) in [6.07, 6.45) is 4.54. The van der Waals surface area contributed by atoms with E-state index in [0.717, 1.165) is 31.7 Å². The van der Waals surface area contributed by atoms with Crippen LogP contribution in [0.1, 0.15) is 43.9 Å². The number of amides is 1. The van der Waals surface area contributed by atoms with Gasteiger partial charge in [0.15, 0.2) is 0 Å². The van der Waals surface area contributed by atoms with Crippen LogP contribution in [0.2, 0.25) is 0 Å². The van der Waals surface area contributed by atoms with Crippen LogP contribution in [-0.4, -0.2) is 24.0 Å². The topological polar surface area (TPSA) is 67.2 Å². The average Bonchev–Trinajstić information content (AvgIpc) is 2.77. The molecular weight excluding hydrogens is 230 g/mol. The van der Waals surface area contributed by atoms with E-state index in [1.165, 1.54) is 0 Å². The molecular formula is C13H21N3O2. The zero-order chi connectivity index (χ0) is 13.0. The van der Waals surface area contributed by atoms with Crippen molar-refractivity contribution < 1.29 is 9.21 Å². The molecule has 1 aliphatic rings. The molecule has 1 aromatic rings. The first-order valence-corrected chi connectivity index (χ1v) is 6.57. The van der Waals surface area contributed by atoms with Crippen molar-refractivity contribution in [3.05, 3.63) is 17.8 Å². The lowest BCUT2D eigenvalue weighted by molar-refractivity contribution is -0.122. The lowest BCUT2D eigenvalue weighted by atomic mass is 9.96. The van der Waals surface area contributed by atoms with E-state index in [2.05, 4.69) is 15.6 Å². The summed E-state index contributed by atoms with van der Waals surface area (Å²) in [7, 11) is 0. The van der Waals surface area contributed by atoms with Gasteiger partial charge in [0.25, 0.3) is 0 Å². The van der Waals surface area contributed by atoms with Gasteiger partial charge in [0.1, 0.15) is 11.8 Å². The largest absolute Gasteiger partial charge is 0.444 e. The molecule has 2 N–H and O–H groups in total. The number of carbonyl (C=O) groups is 1. The van der Waals surface area contributed by atoms with Gasteiger partial charge in [-0.2, -0.15) is 0 Å². The van der Waals surface area contributed by atoms with Crippen LogP contribution in [0.5, 0.6) is 0 Å². The second-order valence-electron chi connectivity index (χ2n) is 5.01. The number of rotatable bonds is 4. The van der Waals surface area contributed by atoms with Crippen LogP contribution in [0.4, 0.5) is 0 Å². The van der Waals surface area contributed by atoms with Gasteiger partial charge in [0, 0.05) is 6.42 Å². The number of aromatic nitrogens is 1. The molecule has 0 aromatic carbocycles. The van der Waals surface area contributed by atoms with Crippen molar-refractivity contribution in [1.82, 2.24) is 15.6 Å². The number of carbonyl (C=O) groups excluding carboxylic acids is 1. The lowest BCUT2D eigenvalue weighted by Crippen LogP contribution is -2.35. The normalized spacial score (nSPS) is 21.6. The molecule has 0 radical (unpaired) electrons. The molecule has 1 fully saturated rings. The van der Waals surface area contributed by atoms with Gasteiger partial charge in [-0.3, -0.25) is 4.79 Å². The van der Waals surface area contributed by atoms with E-state index in [0.29, 0.717) is 18.2 Å². The minimum absolute atomic E-state index is 0.0760. The molecule has 2 unspecified atom stereocenters. The van der Waals surface area contributed by atoms with E-state index >= 15 is 0 Å². The van der Waals surface area contributed by atoms with Gasteiger partial charge in [-0.15, -0.1) is 0 Å². The van der Waals surface area contributed by atoms with E-state index in [1.54, 1.807) is 6.20 Å². The minimum Gasteiger partial charge on any atom is -0.444 e. The Balaban J connectivity index is 1.79. The summed E-state index contributed by atoms with van der Waals surface area (Å²) in [6, 6.07) is -0.164. The summed E-state index contributed by atoms with van der Waals surface area (Å²) < 4.78 is 5.40. The van der Waals surface area contributed by atoms with Crippen LogP contribution >= 0.6 is 0 Å². The van der Waals surface area contributed by atoms with Gasteiger partial charge in [-0.1, -0.05) is 0 Å². The Hall–Kier alpha value is -1.36. The summed E-state index contributed by atoms with van der Waals surface area (Å²) in [5, 5.41) is 6.25. The average molecular weight is 251 g/mol. The van der Waals surface area contributed by atoms with Crippen LogP contribution in [-0.2, 0) is 4.79 Å². The monoisotopic (exact) mass is 251 g/mol. The van der Waals surface area contributed by atoms with E-state index < -0.39 is 0 Å². The molecule has 0 saturated carbocycles. The fourth-order valence-corrected chi connectivity index (χ4v) is 2.29. The van der Waals surface area contributed by atoms with E-state index in [-0.39, 0.29) is 11.9 Å². The zero-order valence-electron chi connectivity index (χ0n) is 11.0. The van der Waals surface area contributed by atoms with Gasteiger partial charge in [0.05, 0.1) is 6.20 Å². The summed E-state index contributed by atoms with van der Waals surface area (Å²) in [6.45, 7) is 5.76. The second-order valence-corrected chi connectivity index (χ2v) is 5.01. The van der Waals surface area contributed by atoms with Crippen molar-refractivity contribution in [2.75, 3.05) is 13.1 Å². The van der Waals surface area contributed by atoms with Crippen molar-refractivity contribution in [1.29, 1.82) is 0 Å². The predicted molar refractivity (Wildman–Crippen MR) is 68.0 cm³/mol. The Kier molecular flexibility index (Phi) is 4.36. The number of hydrogen-bond donors (Lipinski definition) is 2. The Morgan fingerprint density at radius 3 is 3.17 bits per heavy atom. The molecule has 0 aliphatic carbocycles. The third-order valence-electron chi connectivity index (χ3n) is 3.26. The number of oxazole rings is 1. The fraction of sp³-hybridized carbons (Fsp3) is 0.692. The SMILES string of the molecule is Cc1cnc(C(C)NC(=O)CC2CCCNC2)o1. The van der Waals surface area contributed by atoms with Crippen molar-refractivity contribution in [3.8, 4) is 0 Å². The first kappa shape index (κ1) is 13.1. The van der Waals surface area contributed by atoms with E-state index in [9.17, 15) is 4.79 Å². The second kappa shape index (κ2) is 6.00. The molecule has 2 atom stereocenters. The summed E-state index contributed by atoms with van der Waals surface area (Å²) in [5.41, 5.74) is 0. The maximum Gasteiger partial charge on any atom is 0.220 e. The molecule has 100 valence electrons. The lowest BCUT2D eigenvalue weighted by Gasteiger charge is -2.22. The van der Waals surface area contributed by atoms with Crippen LogP contribution < -0.4 is 10.6 Å². The Morgan fingerprint density at radius 1 is 1.72 bits per heavy atom. The minimum atomic E-state index is -0.164. The van der Waals surface area contributed by atoms with Crippen molar-refractivity contribution in [3.63, 3.8) is 0 Å². The van der Waals surface area contributed by atoms with E-state index in [4.69, 9.17) is 4.42 Å². The predicted octanol–water partition coefficient (Wildman–Crippen LogP) is 1.55. The summed E-state index contributed by atoms with van der Waals surface area (Å²) >= 11 is 0. The Morgan fingerprint density at radius 2 is 2.56 bits per heavy atom. The molecule has 1 saturated heterocycles. The molecule has 2 rings (SSSR count).